The molecular weight excluding hydrogens is 359 g/mol. The number of aliphatic hydroxyl groups is 1. The minimum absolute atomic E-state index is 0.128. The molecule has 2 heteroatoms. The molecular formula is C18H35IO. The van der Waals surface area contributed by atoms with Crippen molar-refractivity contribution in [3.63, 3.8) is 0 Å². The Hall–Kier alpha value is 0.430. The van der Waals surface area contributed by atoms with Crippen LogP contribution in [0.15, 0.2) is 9.66 Å². The lowest BCUT2D eigenvalue weighted by Gasteiger charge is -2.09. The van der Waals surface area contributed by atoms with Crippen LogP contribution in [0.3, 0.4) is 0 Å². The van der Waals surface area contributed by atoms with Crippen LogP contribution in [0.2, 0.25) is 0 Å². The van der Waals surface area contributed by atoms with Crippen LogP contribution < -0.4 is 0 Å². The average Bonchev–Trinajstić information content (AvgIpc) is 2.43. The maximum absolute atomic E-state index is 9.85. The molecule has 0 radical (unpaired) electrons. The van der Waals surface area contributed by atoms with Crippen LogP contribution in [0, 0.1) is 0 Å². The second-order valence-corrected chi connectivity index (χ2v) is 7.30. The summed E-state index contributed by atoms with van der Waals surface area (Å²) < 4.78 is 1.34. The second-order valence-electron chi connectivity index (χ2n) is 5.91. The highest BCUT2D eigenvalue weighted by Crippen LogP contribution is 2.19. The summed E-state index contributed by atoms with van der Waals surface area (Å²) in [6, 6.07) is 0. The first-order chi connectivity index (χ1) is 9.70. The molecule has 120 valence electrons. The third-order valence-corrected chi connectivity index (χ3v) is 4.63. The van der Waals surface area contributed by atoms with Crippen molar-refractivity contribution in [2.75, 3.05) is 0 Å². The number of hydrogen-bond acceptors (Lipinski definition) is 1. The lowest BCUT2D eigenvalue weighted by atomic mass is 10.1. The lowest BCUT2D eigenvalue weighted by molar-refractivity contribution is 0.164. The SMILES string of the molecule is CCCCCCCCCC/C=C(\I)CC(O)CCCC. The number of unbranched alkanes of at least 4 members (excludes halogenated alkanes) is 9. The molecule has 0 fully saturated rings. The first kappa shape index (κ1) is 20.4. The summed E-state index contributed by atoms with van der Waals surface area (Å²) in [4.78, 5) is 0. The monoisotopic (exact) mass is 394 g/mol. The van der Waals surface area contributed by atoms with E-state index in [9.17, 15) is 5.11 Å². The predicted octanol–water partition coefficient (Wildman–Crippen LogP) is 6.78. The Morgan fingerprint density at radius 1 is 0.900 bits per heavy atom. The molecule has 1 N–H and O–H groups in total. The molecule has 1 atom stereocenters. The van der Waals surface area contributed by atoms with Gasteiger partial charge in [-0.15, -0.1) is 0 Å². The molecule has 0 heterocycles. The Balaban J connectivity index is 3.40. The molecule has 0 aromatic heterocycles. The molecule has 0 aliphatic rings. The van der Waals surface area contributed by atoms with Crippen molar-refractivity contribution in [2.45, 2.75) is 103 Å². The van der Waals surface area contributed by atoms with Crippen LogP contribution in [-0.4, -0.2) is 11.2 Å². The normalized spacial score (nSPS) is 13.7. The van der Waals surface area contributed by atoms with E-state index in [1.165, 1.54) is 67.8 Å². The topological polar surface area (TPSA) is 20.2 Å². The van der Waals surface area contributed by atoms with E-state index < -0.39 is 0 Å². The lowest BCUT2D eigenvalue weighted by Crippen LogP contribution is -2.05. The number of hydrogen-bond donors (Lipinski definition) is 1. The van der Waals surface area contributed by atoms with Gasteiger partial charge >= 0.3 is 0 Å². The van der Waals surface area contributed by atoms with Crippen LogP contribution in [0.5, 0.6) is 0 Å². The van der Waals surface area contributed by atoms with Gasteiger partial charge in [-0.3, -0.25) is 0 Å². The molecule has 1 nitrogen and oxygen atoms in total. The maximum atomic E-state index is 9.85. The minimum atomic E-state index is -0.128. The highest BCUT2D eigenvalue weighted by Gasteiger charge is 2.04. The van der Waals surface area contributed by atoms with Crippen molar-refractivity contribution in [3.05, 3.63) is 9.66 Å². The van der Waals surface area contributed by atoms with E-state index in [0.717, 1.165) is 19.3 Å². The van der Waals surface area contributed by atoms with Crippen LogP contribution in [0.4, 0.5) is 0 Å². The number of halogens is 1. The van der Waals surface area contributed by atoms with Crippen LogP contribution in [-0.2, 0) is 0 Å². The summed E-state index contributed by atoms with van der Waals surface area (Å²) in [5.74, 6) is 0. The van der Waals surface area contributed by atoms with Crippen molar-refractivity contribution >= 4 is 22.6 Å². The summed E-state index contributed by atoms with van der Waals surface area (Å²) in [6.07, 6.45) is 18.6. The van der Waals surface area contributed by atoms with Gasteiger partial charge in [0, 0.05) is 6.42 Å². The van der Waals surface area contributed by atoms with E-state index in [0.29, 0.717) is 0 Å². The number of allylic oxidation sites excluding steroid dienone is 1. The Labute approximate surface area is 140 Å². The summed E-state index contributed by atoms with van der Waals surface area (Å²) >= 11 is 2.39. The smallest absolute Gasteiger partial charge is 0.0584 e. The zero-order chi connectivity index (χ0) is 15.1. The van der Waals surface area contributed by atoms with Gasteiger partial charge in [0.1, 0.15) is 0 Å². The molecule has 0 saturated carbocycles. The van der Waals surface area contributed by atoms with E-state index in [2.05, 4.69) is 42.5 Å². The Bertz CT molecular complexity index is 225. The molecule has 0 saturated heterocycles. The fourth-order valence-corrected chi connectivity index (χ4v) is 3.21. The van der Waals surface area contributed by atoms with Gasteiger partial charge in [-0.2, -0.15) is 0 Å². The maximum Gasteiger partial charge on any atom is 0.0584 e. The molecule has 0 aromatic carbocycles. The van der Waals surface area contributed by atoms with Gasteiger partial charge in [-0.05, 0) is 45.4 Å². The van der Waals surface area contributed by atoms with Crippen molar-refractivity contribution in [1.82, 2.24) is 0 Å². The Morgan fingerprint density at radius 2 is 1.45 bits per heavy atom. The van der Waals surface area contributed by atoms with Crippen LogP contribution >= 0.6 is 22.6 Å². The Morgan fingerprint density at radius 3 is 2.05 bits per heavy atom. The number of aliphatic hydroxyl groups excluding tert-OH is 1. The van der Waals surface area contributed by atoms with Gasteiger partial charge in [0.25, 0.3) is 0 Å². The van der Waals surface area contributed by atoms with E-state index >= 15 is 0 Å². The van der Waals surface area contributed by atoms with Gasteiger partial charge in [-0.1, -0.05) is 77.7 Å². The summed E-state index contributed by atoms with van der Waals surface area (Å²) in [7, 11) is 0. The van der Waals surface area contributed by atoms with E-state index in [4.69, 9.17) is 0 Å². The minimum Gasteiger partial charge on any atom is -0.393 e. The standard InChI is InChI=1S/C18H35IO/c1-3-5-7-8-9-10-11-12-13-14-17(19)16-18(20)15-6-4-2/h14,18,20H,3-13,15-16H2,1-2H3/b17-14-. The second kappa shape index (κ2) is 15.8. The highest BCUT2D eigenvalue weighted by molar-refractivity contribution is 14.1. The molecule has 0 rings (SSSR count). The van der Waals surface area contributed by atoms with Gasteiger partial charge in [-0.25, -0.2) is 0 Å². The molecule has 0 aliphatic heterocycles. The van der Waals surface area contributed by atoms with Gasteiger partial charge in [0.2, 0.25) is 0 Å². The molecule has 1 unspecified atom stereocenters. The van der Waals surface area contributed by atoms with Gasteiger partial charge in [0.15, 0.2) is 0 Å². The van der Waals surface area contributed by atoms with E-state index in [1.807, 2.05) is 0 Å². The Kier molecular flexibility index (Phi) is 16.2. The number of rotatable bonds is 14. The molecule has 20 heavy (non-hydrogen) atoms. The predicted molar refractivity (Wildman–Crippen MR) is 99.5 cm³/mol. The zero-order valence-corrected chi connectivity index (χ0v) is 15.8. The summed E-state index contributed by atoms with van der Waals surface area (Å²) in [5, 5.41) is 9.85. The van der Waals surface area contributed by atoms with Crippen molar-refractivity contribution < 1.29 is 5.11 Å². The quantitative estimate of drug-likeness (QED) is 0.254. The van der Waals surface area contributed by atoms with Crippen LogP contribution in [0.1, 0.15) is 97.3 Å². The molecule has 0 spiro atoms. The van der Waals surface area contributed by atoms with E-state index in [1.54, 1.807) is 0 Å². The van der Waals surface area contributed by atoms with Crippen LogP contribution in [0.25, 0.3) is 0 Å². The van der Waals surface area contributed by atoms with Gasteiger partial charge < -0.3 is 5.11 Å². The van der Waals surface area contributed by atoms with Crippen molar-refractivity contribution in [1.29, 1.82) is 0 Å². The summed E-state index contributed by atoms with van der Waals surface area (Å²) in [5.41, 5.74) is 0. The van der Waals surface area contributed by atoms with Crippen molar-refractivity contribution in [3.8, 4) is 0 Å². The average molecular weight is 394 g/mol. The third-order valence-electron chi connectivity index (χ3n) is 3.75. The van der Waals surface area contributed by atoms with Crippen molar-refractivity contribution in [2.24, 2.45) is 0 Å². The first-order valence-corrected chi connectivity index (χ1v) is 9.81. The largest absolute Gasteiger partial charge is 0.393 e. The zero-order valence-electron chi connectivity index (χ0n) is 13.7. The third kappa shape index (κ3) is 14.8. The van der Waals surface area contributed by atoms with Gasteiger partial charge in [0.05, 0.1) is 6.10 Å². The molecule has 0 bridgehead atoms. The first-order valence-electron chi connectivity index (χ1n) is 8.73. The molecule has 0 aliphatic carbocycles. The van der Waals surface area contributed by atoms with E-state index in [-0.39, 0.29) is 6.10 Å². The fourth-order valence-electron chi connectivity index (χ4n) is 2.39. The molecule has 0 amide bonds. The molecule has 0 aromatic rings. The highest BCUT2D eigenvalue weighted by atomic mass is 127. The summed E-state index contributed by atoms with van der Waals surface area (Å²) in [6.45, 7) is 4.45. The fraction of sp³-hybridized carbons (Fsp3) is 0.889.